The van der Waals surface area contributed by atoms with Gasteiger partial charge in [0.15, 0.2) is 11.5 Å². The predicted molar refractivity (Wildman–Crippen MR) is 103 cm³/mol. The Labute approximate surface area is 149 Å². The second kappa shape index (κ2) is 8.97. The molecule has 0 bridgehead atoms. The molecule has 2 aromatic carbocycles. The lowest BCUT2D eigenvalue weighted by Crippen LogP contribution is -2.21. The molecule has 0 radical (unpaired) electrons. The first-order chi connectivity index (χ1) is 12.1. The predicted octanol–water partition coefficient (Wildman–Crippen LogP) is 3.87. The quantitative estimate of drug-likeness (QED) is 0.740. The van der Waals surface area contributed by atoms with Gasteiger partial charge < -0.3 is 19.5 Å². The summed E-state index contributed by atoms with van der Waals surface area (Å²) in [5, 5.41) is 10.2. The van der Waals surface area contributed by atoms with Crippen LogP contribution in [0.25, 0.3) is 0 Å². The molecule has 0 atom stereocenters. The molecule has 2 rings (SSSR count). The van der Waals surface area contributed by atoms with Gasteiger partial charge in [-0.1, -0.05) is 6.07 Å². The Hall–Kier alpha value is -2.69. The lowest BCUT2D eigenvalue weighted by atomic mass is 10.1. The van der Waals surface area contributed by atoms with Gasteiger partial charge in [-0.25, -0.2) is 0 Å². The zero-order valence-corrected chi connectivity index (χ0v) is 15.3. The second-order valence-electron chi connectivity index (χ2n) is 5.57. The molecule has 5 heteroatoms. The fraction of sp³-hybridized carbons (Fsp3) is 0.350. The van der Waals surface area contributed by atoms with Gasteiger partial charge in [0.25, 0.3) is 0 Å². The highest BCUT2D eigenvalue weighted by Crippen LogP contribution is 2.28. The van der Waals surface area contributed by atoms with E-state index in [1.54, 1.807) is 26.5 Å². The molecule has 0 aromatic heterocycles. The Morgan fingerprint density at radius 3 is 2.32 bits per heavy atom. The van der Waals surface area contributed by atoms with Gasteiger partial charge in [0.1, 0.15) is 5.75 Å². The number of anilines is 1. The molecule has 0 aliphatic heterocycles. The molecule has 2 aromatic rings. The number of ether oxygens (including phenoxy) is 2. The average Bonchev–Trinajstić information content (AvgIpc) is 2.64. The van der Waals surface area contributed by atoms with E-state index in [0.29, 0.717) is 23.6 Å². The summed E-state index contributed by atoms with van der Waals surface area (Å²) in [6.07, 6.45) is 1.69. The fourth-order valence-electron chi connectivity index (χ4n) is 2.66. The molecule has 25 heavy (non-hydrogen) atoms. The monoisotopic (exact) mass is 342 g/mol. The highest BCUT2D eigenvalue weighted by molar-refractivity contribution is 5.84. The number of methoxy groups -OCH3 is 2. The summed E-state index contributed by atoms with van der Waals surface area (Å²) < 4.78 is 10.5. The second-order valence-corrected chi connectivity index (χ2v) is 5.57. The number of aromatic hydroxyl groups is 1. The van der Waals surface area contributed by atoms with E-state index >= 15 is 0 Å². The van der Waals surface area contributed by atoms with Crippen LogP contribution in [0, 0.1) is 0 Å². The van der Waals surface area contributed by atoms with Gasteiger partial charge in [0.05, 0.1) is 20.8 Å². The van der Waals surface area contributed by atoms with Gasteiger partial charge in [0.2, 0.25) is 0 Å². The van der Waals surface area contributed by atoms with Crippen LogP contribution in [-0.2, 0) is 6.54 Å². The number of phenols is 1. The third-order valence-corrected chi connectivity index (χ3v) is 4.09. The minimum atomic E-state index is 0.237. The summed E-state index contributed by atoms with van der Waals surface area (Å²) in [6, 6.07) is 11.4. The summed E-state index contributed by atoms with van der Waals surface area (Å²) in [6.45, 7) is 6.50. The molecule has 5 nitrogen and oxygen atoms in total. The van der Waals surface area contributed by atoms with Gasteiger partial charge in [-0.3, -0.25) is 4.99 Å². The van der Waals surface area contributed by atoms with Crippen molar-refractivity contribution in [3.8, 4) is 17.2 Å². The summed E-state index contributed by atoms with van der Waals surface area (Å²) in [7, 11) is 3.22. The van der Waals surface area contributed by atoms with Crippen molar-refractivity contribution in [1.29, 1.82) is 0 Å². The maximum absolute atomic E-state index is 10.2. The van der Waals surface area contributed by atoms with Crippen LogP contribution in [0.2, 0.25) is 0 Å². The van der Waals surface area contributed by atoms with Crippen molar-refractivity contribution in [1.82, 2.24) is 0 Å². The van der Waals surface area contributed by atoms with Crippen molar-refractivity contribution in [2.75, 3.05) is 32.2 Å². The van der Waals surface area contributed by atoms with Crippen molar-refractivity contribution in [2.24, 2.45) is 4.99 Å². The van der Waals surface area contributed by atoms with Crippen LogP contribution < -0.4 is 14.4 Å². The van der Waals surface area contributed by atoms with Crippen molar-refractivity contribution >= 4 is 11.9 Å². The molecule has 0 fully saturated rings. The number of hydrogen-bond acceptors (Lipinski definition) is 5. The Morgan fingerprint density at radius 1 is 1.00 bits per heavy atom. The number of rotatable bonds is 8. The molecule has 0 unspecified atom stereocenters. The number of benzene rings is 2. The number of phenolic OH excluding ortho intramolecular Hbond substituents is 1. The molecule has 0 amide bonds. The first-order valence-corrected chi connectivity index (χ1v) is 8.41. The molecule has 134 valence electrons. The van der Waals surface area contributed by atoms with E-state index in [4.69, 9.17) is 9.47 Å². The van der Waals surface area contributed by atoms with Crippen molar-refractivity contribution < 1.29 is 14.6 Å². The Morgan fingerprint density at radius 2 is 1.72 bits per heavy atom. The largest absolute Gasteiger partial charge is 0.507 e. The Balaban J connectivity index is 2.09. The van der Waals surface area contributed by atoms with Gasteiger partial charge >= 0.3 is 0 Å². The van der Waals surface area contributed by atoms with E-state index in [1.165, 1.54) is 0 Å². The van der Waals surface area contributed by atoms with Crippen LogP contribution in [0.15, 0.2) is 41.4 Å². The van der Waals surface area contributed by atoms with Crippen LogP contribution in [0.3, 0.4) is 0 Å². The molecule has 0 aliphatic rings. The van der Waals surface area contributed by atoms with Crippen LogP contribution in [0.5, 0.6) is 17.2 Å². The first kappa shape index (κ1) is 18.6. The number of nitrogens with zero attached hydrogens (tertiary/aromatic N) is 2. The zero-order valence-electron chi connectivity index (χ0n) is 15.3. The van der Waals surface area contributed by atoms with Crippen LogP contribution in [0.1, 0.15) is 25.0 Å². The number of hydrogen-bond donors (Lipinski definition) is 1. The van der Waals surface area contributed by atoms with Gasteiger partial charge in [-0.05, 0) is 43.7 Å². The van der Waals surface area contributed by atoms with Gasteiger partial charge in [-0.2, -0.15) is 0 Å². The van der Waals surface area contributed by atoms with Crippen molar-refractivity contribution in [3.63, 3.8) is 0 Å². The topological polar surface area (TPSA) is 54.3 Å². The van der Waals surface area contributed by atoms with E-state index in [2.05, 4.69) is 23.7 Å². The maximum Gasteiger partial charge on any atom is 0.161 e. The van der Waals surface area contributed by atoms with Crippen molar-refractivity contribution in [2.45, 2.75) is 20.4 Å². The van der Waals surface area contributed by atoms with E-state index < -0.39 is 0 Å². The summed E-state index contributed by atoms with van der Waals surface area (Å²) >= 11 is 0. The number of aliphatic imine (C=N–C) groups is 1. The molecule has 1 N–H and O–H groups in total. The standard InChI is InChI=1S/C20H26N2O3/c1-5-22(6-2)17-9-8-16(18(23)12-17)14-21-13-15-7-10-19(24-3)20(11-15)25-4/h7-12,14,23H,5-6,13H2,1-4H3. The zero-order chi connectivity index (χ0) is 18.2. The summed E-state index contributed by atoms with van der Waals surface area (Å²) in [5.74, 6) is 1.61. The molecule has 0 saturated heterocycles. The van der Waals surface area contributed by atoms with Gasteiger partial charge in [-0.15, -0.1) is 0 Å². The van der Waals surface area contributed by atoms with Crippen LogP contribution in [0.4, 0.5) is 5.69 Å². The first-order valence-electron chi connectivity index (χ1n) is 8.41. The molecular weight excluding hydrogens is 316 g/mol. The average molecular weight is 342 g/mol. The summed E-state index contributed by atoms with van der Waals surface area (Å²) in [5.41, 5.74) is 2.73. The highest BCUT2D eigenvalue weighted by atomic mass is 16.5. The van der Waals surface area contributed by atoms with Crippen molar-refractivity contribution in [3.05, 3.63) is 47.5 Å². The minimum Gasteiger partial charge on any atom is -0.507 e. The minimum absolute atomic E-state index is 0.237. The smallest absolute Gasteiger partial charge is 0.161 e. The molecular formula is C20H26N2O3. The van der Waals surface area contributed by atoms with Crippen LogP contribution in [-0.4, -0.2) is 38.6 Å². The molecule has 0 aliphatic carbocycles. The highest BCUT2D eigenvalue weighted by Gasteiger charge is 2.06. The SMILES string of the molecule is CCN(CC)c1ccc(C=NCc2ccc(OC)c(OC)c2)c(O)c1. The van der Waals surface area contributed by atoms with Gasteiger partial charge in [0, 0.05) is 36.6 Å². The lowest BCUT2D eigenvalue weighted by Gasteiger charge is -2.21. The van der Waals surface area contributed by atoms with E-state index in [9.17, 15) is 5.11 Å². The maximum atomic E-state index is 10.2. The summed E-state index contributed by atoms with van der Waals surface area (Å²) in [4.78, 5) is 6.61. The Kier molecular flexibility index (Phi) is 6.69. The van der Waals surface area contributed by atoms with E-state index in [-0.39, 0.29) is 5.75 Å². The molecule has 0 heterocycles. The molecule has 0 spiro atoms. The molecule has 0 saturated carbocycles. The van der Waals surface area contributed by atoms with Crippen LogP contribution >= 0.6 is 0 Å². The van der Waals surface area contributed by atoms with E-state index in [0.717, 1.165) is 24.3 Å². The lowest BCUT2D eigenvalue weighted by molar-refractivity contribution is 0.354. The third kappa shape index (κ3) is 4.66. The Bertz CT molecular complexity index is 725. The fourth-order valence-corrected chi connectivity index (χ4v) is 2.66. The van der Waals surface area contributed by atoms with E-state index in [1.807, 2.05) is 30.3 Å². The third-order valence-electron chi connectivity index (χ3n) is 4.09. The normalized spacial score (nSPS) is 10.9.